The fourth-order valence-electron chi connectivity index (χ4n) is 1.11. The van der Waals surface area contributed by atoms with Gasteiger partial charge in [-0.2, -0.15) is 0 Å². The minimum atomic E-state index is 0.419. The van der Waals surface area contributed by atoms with Crippen molar-refractivity contribution in [2.24, 2.45) is 0 Å². The molecule has 0 aliphatic rings. The summed E-state index contributed by atoms with van der Waals surface area (Å²) in [7, 11) is 0. The Morgan fingerprint density at radius 2 is 2.42 bits per heavy atom. The molecule has 0 aliphatic heterocycles. The van der Waals surface area contributed by atoms with Crippen LogP contribution in [-0.4, -0.2) is 10.4 Å². The maximum absolute atomic E-state index is 8.45. The van der Waals surface area contributed by atoms with E-state index in [2.05, 4.69) is 10.6 Å². The number of hydrogen-bond acceptors (Lipinski definition) is 4. The van der Waals surface area contributed by atoms with Crippen LogP contribution in [-0.2, 0) is 6.54 Å². The van der Waals surface area contributed by atoms with Gasteiger partial charge in [0.2, 0.25) is 0 Å². The summed E-state index contributed by atoms with van der Waals surface area (Å²) in [5, 5.41) is 13.2. The molecule has 2 N–H and O–H groups in total. The minimum absolute atomic E-state index is 0.419. The summed E-state index contributed by atoms with van der Waals surface area (Å²) in [4.78, 5) is 0. The molecule has 2 aromatic rings. The zero-order valence-corrected chi connectivity index (χ0v) is 6.32. The summed E-state index contributed by atoms with van der Waals surface area (Å²) in [6.07, 6.45) is 1.59. The van der Waals surface area contributed by atoms with Gasteiger partial charge in [-0.15, -0.1) is 0 Å². The lowest BCUT2D eigenvalue weighted by molar-refractivity contribution is 0.161. The van der Waals surface area contributed by atoms with Gasteiger partial charge >= 0.3 is 0 Å². The topological polar surface area (TPSA) is 58.3 Å². The number of fused-ring (bicyclic) bond motifs is 1. The van der Waals surface area contributed by atoms with E-state index in [9.17, 15) is 0 Å². The highest BCUT2D eigenvalue weighted by Crippen LogP contribution is 2.13. The highest BCUT2D eigenvalue weighted by atomic mass is 16.5. The minimum Gasteiger partial charge on any atom is -0.364 e. The van der Waals surface area contributed by atoms with Gasteiger partial charge in [-0.25, -0.2) is 5.48 Å². The van der Waals surface area contributed by atoms with Crippen LogP contribution in [0.5, 0.6) is 0 Å². The van der Waals surface area contributed by atoms with Gasteiger partial charge in [-0.3, -0.25) is 0 Å². The smallest absolute Gasteiger partial charge is 0.131 e. The molecule has 62 valence electrons. The van der Waals surface area contributed by atoms with Crippen molar-refractivity contribution in [3.8, 4) is 0 Å². The Labute approximate surface area is 68.7 Å². The molecular weight excluding hydrogens is 156 g/mol. The van der Waals surface area contributed by atoms with Gasteiger partial charge in [-0.1, -0.05) is 11.2 Å². The van der Waals surface area contributed by atoms with E-state index in [-0.39, 0.29) is 0 Å². The molecule has 0 spiro atoms. The van der Waals surface area contributed by atoms with Gasteiger partial charge in [0.1, 0.15) is 11.8 Å². The number of aromatic nitrogens is 1. The van der Waals surface area contributed by atoms with Gasteiger partial charge in [0, 0.05) is 11.9 Å². The molecule has 0 saturated carbocycles. The van der Waals surface area contributed by atoms with Crippen molar-refractivity contribution in [3.63, 3.8) is 0 Å². The Morgan fingerprint density at radius 1 is 1.50 bits per heavy atom. The standard InChI is InChI=1S/C8H8N2O2/c11-9-4-6-1-2-7-5-12-10-8(7)3-6/h1-3,5,9,11H,4H2. The van der Waals surface area contributed by atoms with Crippen molar-refractivity contribution in [3.05, 3.63) is 30.0 Å². The van der Waals surface area contributed by atoms with Gasteiger partial charge < -0.3 is 9.73 Å². The molecule has 2 rings (SSSR count). The SMILES string of the molecule is ONCc1ccc2conc2c1. The van der Waals surface area contributed by atoms with Crippen LogP contribution in [0.3, 0.4) is 0 Å². The predicted molar refractivity (Wildman–Crippen MR) is 42.6 cm³/mol. The normalized spacial score (nSPS) is 10.8. The molecule has 12 heavy (non-hydrogen) atoms. The molecule has 0 aliphatic carbocycles. The van der Waals surface area contributed by atoms with Crippen molar-refractivity contribution in [2.45, 2.75) is 6.54 Å². The van der Waals surface area contributed by atoms with Gasteiger partial charge in [0.05, 0.1) is 0 Å². The first kappa shape index (κ1) is 7.27. The molecule has 1 aromatic carbocycles. The van der Waals surface area contributed by atoms with Crippen LogP contribution >= 0.6 is 0 Å². The van der Waals surface area contributed by atoms with E-state index < -0.39 is 0 Å². The van der Waals surface area contributed by atoms with Crippen LogP contribution in [0.4, 0.5) is 0 Å². The third-order valence-electron chi connectivity index (χ3n) is 1.71. The summed E-state index contributed by atoms with van der Waals surface area (Å²) in [5.41, 5.74) is 3.86. The van der Waals surface area contributed by atoms with Crippen molar-refractivity contribution >= 4 is 10.9 Å². The lowest BCUT2D eigenvalue weighted by atomic mass is 10.2. The molecule has 4 nitrogen and oxygen atoms in total. The Morgan fingerprint density at radius 3 is 3.25 bits per heavy atom. The Bertz CT molecular complexity index is 383. The quantitative estimate of drug-likeness (QED) is 0.657. The first-order chi connectivity index (χ1) is 5.90. The number of hydrogen-bond donors (Lipinski definition) is 2. The molecular formula is C8H8N2O2. The third-order valence-corrected chi connectivity index (χ3v) is 1.71. The van der Waals surface area contributed by atoms with E-state index in [1.807, 2.05) is 18.2 Å². The third kappa shape index (κ3) is 1.17. The summed E-state index contributed by atoms with van der Waals surface area (Å²) < 4.78 is 4.77. The molecule has 0 bridgehead atoms. The van der Waals surface area contributed by atoms with Crippen molar-refractivity contribution in [1.29, 1.82) is 0 Å². The molecule has 1 heterocycles. The van der Waals surface area contributed by atoms with Crippen molar-refractivity contribution in [1.82, 2.24) is 10.6 Å². The second-order valence-corrected chi connectivity index (χ2v) is 2.54. The number of hydroxylamine groups is 1. The number of rotatable bonds is 2. The molecule has 1 aromatic heterocycles. The van der Waals surface area contributed by atoms with Crippen molar-refractivity contribution < 1.29 is 9.73 Å². The van der Waals surface area contributed by atoms with E-state index >= 15 is 0 Å². The van der Waals surface area contributed by atoms with Crippen LogP contribution in [0, 0.1) is 0 Å². The summed E-state index contributed by atoms with van der Waals surface area (Å²) in [6.45, 7) is 0.419. The summed E-state index contributed by atoms with van der Waals surface area (Å²) >= 11 is 0. The van der Waals surface area contributed by atoms with Crippen LogP contribution in [0.1, 0.15) is 5.56 Å². The van der Waals surface area contributed by atoms with Gasteiger partial charge in [0.15, 0.2) is 0 Å². The number of nitrogens with one attached hydrogen (secondary N) is 1. The fraction of sp³-hybridized carbons (Fsp3) is 0.125. The van der Waals surface area contributed by atoms with Crippen LogP contribution in [0.25, 0.3) is 10.9 Å². The summed E-state index contributed by atoms with van der Waals surface area (Å²) in [5.74, 6) is 0. The largest absolute Gasteiger partial charge is 0.364 e. The maximum Gasteiger partial charge on any atom is 0.131 e. The average Bonchev–Trinajstić information content (AvgIpc) is 2.51. The summed E-state index contributed by atoms with van der Waals surface area (Å²) in [6, 6.07) is 5.67. The van der Waals surface area contributed by atoms with Crippen LogP contribution < -0.4 is 5.48 Å². The molecule has 0 radical (unpaired) electrons. The van der Waals surface area contributed by atoms with Gasteiger partial charge in [-0.05, 0) is 17.7 Å². The maximum atomic E-state index is 8.45. The van der Waals surface area contributed by atoms with Crippen molar-refractivity contribution in [2.75, 3.05) is 0 Å². The van der Waals surface area contributed by atoms with E-state index in [0.29, 0.717) is 6.54 Å². The zero-order valence-electron chi connectivity index (χ0n) is 6.32. The monoisotopic (exact) mass is 164 g/mol. The Balaban J connectivity index is 2.46. The first-order valence-electron chi connectivity index (χ1n) is 3.60. The van der Waals surface area contributed by atoms with E-state index in [0.717, 1.165) is 16.5 Å². The van der Waals surface area contributed by atoms with E-state index in [1.165, 1.54) is 0 Å². The lowest BCUT2D eigenvalue weighted by Gasteiger charge is -1.96. The number of nitrogens with zero attached hydrogens (tertiary/aromatic N) is 1. The number of benzene rings is 1. The highest BCUT2D eigenvalue weighted by Gasteiger charge is 1.98. The zero-order chi connectivity index (χ0) is 8.39. The Kier molecular flexibility index (Phi) is 1.77. The van der Waals surface area contributed by atoms with Crippen LogP contribution in [0.15, 0.2) is 29.0 Å². The lowest BCUT2D eigenvalue weighted by Crippen LogP contribution is -2.05. The first-order valence-corrected chi connectivity index (χ1v) is 3.60. The van der Waals surface area contributed by atoms with Crippen LogP contribution in [0.2, 0.25) is 0 Å². The molecule has 0 saturated heterocycles. The molecule has 0 unspecified atom stereocenters. The second-order valence-electron chi connectivity index (χ2n) is 2.54. The molecule has 0 amide bonds. The highest BCUT2D eigenvalue weighted by molar-refractivity contribution is 5.77. The second kappa shape index (κ2) is 2.92. The molecule has 0 atom stereocenters. The average molecular weight is 164 g/mol. The van der Waals surface area contributed by atoms with E-state index in [4.69, 9.17) is 9.73 Å². The van der Waals surface area contributed by atoms with Gasteiger partial charge in [0.25, 0.3) is 0 Å². The molecule has 0 fully saturated rings. The Hall–Kier alpha value is -1.39. The van der Waals surface area contributed by atoms with E-state index in [1.54, 1.807) is 6.26 Å². The molecule has 4 heteroatoms. The fourth-order valence-corrected chi connectivity index (χ4v) is 1.11. The predicted octanol–water partition coefficient (Wildman–Crippen LogP) is 1.31.